The molecule has 1 aliphatic rings. The average Bonchev–Trinajstić information content (AvgIpc) is 3.06. The Morgan fingerprint density at radius 3 is 2.68 bits per heavy atom. The van der Waals surface area contributed by atoms with Gasteiger partial charge in [-0.25, -0.2) is 4.98 Å². The summed E-state index contributed by atoms with van der Waals surface area (Å²) < 4.78 is 10.6. The highest BCUT2D eigenvalue weighted by Gasteiger charge is 2.30. The first kappa shape index (κ1) is 20.6. The van der Waals surface area contributed by atoms with E-state index in [-0.39, 0.29) is 5.91 Å². The van der Waals surface area contributed by atoms with Gasteiger partial charge in [0.1, 0.15) is 0 Å². The van der Waals surface area contributed by atoms with Crippen LogP contribution in [0.1, 0.15) is 49.7 Å². The first-order valence-electron chi connectivity index (χ1n) is 9.79. The smallest absolute Gasteiger partial charge is 0.226 e. The van der Waals surface area contributed by atoms with E-state index in [1.165, 1.54) is 17.0 Å². The van der Waals surface area contributed by atoms with Crippen molar-refractivity contribution in [3.63, 3.8) is 0 Å². The molecule has 1 atom stereocenters. The SMILES string of the molecule is COc1ccc(CCC(=O)Nc2nc3c(s2)CC(C(C)(C)C)CC3)cc1OC. The molecule has 0 radical (unpaired) electrons. The van der Waals surface area contributed by atoms with Crippen molar-refractivity contribution in [2.75, 3.05) is 19.5 Å². The van der Waals surface area contributed by atoms with Crippen LogP contribution in [0, 0.1) is 11.3 Å². The van der Waals surface area contributed by atoms with E-state index < -0.39 is 0 Å². The molecule has 0 saturated carbocycles. The van der Waals surface area contributed by atoms with E-state index in [2.05, 4.69) is 31.1 Å². The Hall–Kier alpha value is -2.08. The molecule has 1 unspecified atom stereocenters. The minimum atomic E-state index is -0.00625. The van der Waals surface area contributed by atoms with Crippen LogP contribution in [0.15, 0.2) is 18.2 Å². The lowest BCUT2D eigenvalue weighted by molar-refractivity contribution is -0.116. The van der Waals surface area contributed by atoms with Crippen LogP contribution in [0.25, 0.3) is 0 Å². The van der Waals surface area contributed by atoms with Crippen LogP contribution in [0.5, 0.6) is 11.5 Å². The number of ether oxygens (including phenoxy) is 2. The Morgan fingerprint density at radius 1 is 1.25 bits per heavy atom. The normalized spacial score (nSPS) is 16.4. The summed E-state index contributed by atoms with van der Waals surface area (Å²) in [5, 5.41) is 3.72. The third kappa shape index (κ3) is 4.85. The minimum absolute atomic E-state index is 0.00625. The van der Waals surface area contributed by atoms with E-state index in [4.69, 9.17) is 9.47 Å². The highest BCUT2D eigenvalue weighted by Crippen LogP contribution is 2.40. The molecule has 0 saturated heterocycles. The van der Waals surface area contributed by atoms with E-state index in [1.54, 1.807) is 25.6 Å². The number of aromatic nitrogens is 1. The number of carbonyl (C=O) groups excluding carboxylic acids is 1. The van der Waals surface area contributed by atoms with Gasteiger partial charge in [0.25, 0.3) is 0 Å². The molecule has 6 heteroatoms. The molecule has 1 aromatic carbocycles. The third-order valence-corrected chi connectivity index (χ3v) is 6.53. The predicted octanol–water partition coefficient (Wildman–Crippen LogP) is 4.88. The van der Waals surface area contributed by atoms with E-state index >= 15 is 0 Å². The summed E-state index contributed by atoms with van der Waals surface area (Å²) in [6.45, 7) is 6.92. The lowest BCUT2D eigenvalue weighted by Gasteiger charge is -2.33. The number of hydrogen-bond donors (Lipinski definition) is 1. The van der Waals surface area contributed by atoms with Crippen LogP contribution in [0.2, 0.25) is 0 Å². The molecule has 1 N–H and O–H groups in total. The second kappa shape index (κ2) is 8.52. The van der Waals surface area contributed by atoms with Gasteiger partial charge in [-0.3, -0.25) is 4.79 Å². The lowest BCUT2D eigenvalue weighted by atomic mass is 9.73. The summed E-state index contributed by atoms with van der Waals surface area (Å²) >= 11 is 1.64. The zero-order valence-electron chi connectivity index (χ0n) is 17.4. The number of thiazole rings is 1. The van der Waals surface area contributed by atoms with Gasteiger partial charge in [-0.15, -0.1) is 11.3 Å². The average molecular weight is 403 g/mol. The summed E-state index contributed by atoms with van der Waals surface area (Å²) in [7, 11) is 3.23. The zero-order valence-corrected chi connectivity index (χ0v) is 18.2. The molecule has 5 nitrogen and oxygen atoms in total. The monoisotopic (exact) mass is 402 g/mol. The highest BCUT2D eigenvalue weighted by atomic mass is 32.1. The minimum Gasteiger partial charge on any atom is -0.493 e. The van der Waals surface area contributed by atoms with Crippen molar-refractivity contribution in [1.82, 2.24) is 4.98 Å². The Bertz CT molecular complexity index is 839. The number of nitrogens with zero attached hydrogens (tertiary/aromatic N) is 1. The third-order valence-electron chi connectivity index (χ3n) is 5.50. The van der Waals surface area contributed by atoms with Gasteiger partial charge in [-0.2, -0.15) is 0 Å². The summed E-state index contributed by atoms with van der Waals surface area (Å²) in [5.74, 6) is 2.04. The summed E-state index contributed by atoms with van der Waals surface area (Å²) in [5.41, 5.74) is 2.52. The number of nitrogens with one attached hydrogen (secondary N) is 1. The lowest BCUT2D eigenvalue weighted by Crippen LogP contribution is -2.26. The van der Waals surface area contributed by atoms with Crippen molar-refractivity contribution < 1.29 is 14.3 Å². The van der Waals surface area contributed by atoms with Crippen molar-refractivity contribution in [3.8, 4) is 11.5 Å². The molecule has 2 aromatic rings. The second-order valence-corrected chi connectivity index (χ2v) is 9.52. The maximum absolute atomic E-state index is 12.4. The summed E-state index contributed by atoms with van der Waals surface area (Å²) in [6, 6.07) is 5.75. The topological polar surface area (TPSA) is 60.5 Å². The fraction of sp³-hybridized carbons (Fsp3) is 0.545. The number of aryl methyl sites for hydroxylation is 2. The van der Waals surface area contributed by atoms with Gasteiger partial charge in [0, 0.05) is 11.3 Å². The molecule has 1 aromatic heterocycles. The molecule has 0 spiro atoms. The number of methoxy groups -OCH3 is 2. The molecule has 1 aliphatic carbocycles. The maximum atomic E-state index is 12.4. The molecule has 0 aliphatic heterocycles. The van der Waals surface area contributed by atoms with Crippen LogP contribution in [0.4, 0.5) is 5.13 Å². The van der Waals surface area contributed by atoms with E-state index in [0.29, 0.717) is 35.7 Å². The fourth-order valence-corrected chi connectivity index (χ4v) is 4.75. The van der Waals surface area contributed by atoms with E-state index in [9.17, 15) is 4.79 Å². The molecule has 152 valence electrons. The zero-order chi connectivity index (χ0) is 20.3. The van der Waals surface area contributed by atoms with Crippen LogP contribution < -0.4 is 14.8 Å². The number of fused-ring (bicyclic) bond motifs is 1. The van der Waals surface area contributed by atoms with Crippen molar-refractivity contribution >= 4 is 22.4 Å². The molecule has 28 heavy (non-hydrogen) atoms. The maximum Gasteiger partial charge on any atom is 0.226 e. The van der Waals surface area contributed by atoms with E-state index in [1.807, 2.05) is 18.2 Å². The van der Waals surface area contributed by atoms with Crippen molar-refractivity contribution in [3.05, 3.63) is 34.3 Å². The number of hydrogen-bond acceptors (Lipinski definition) is 5. The van der Waals surface area contributed by atoms with Gasteiger partial charge in [-0.05, 0) is 54.7 Å². The van der Waals surface area contributed by atoms with Crippen LogP contribution in [0.3, 0.4) is 0 Å². The van der Waals surface area contributed by atoms with Crippen molar-refractivity contribution in [2.45, 2.75) is 52.9 Å². The van der Waals surface area contributed by atoms with Gasteiger partial charge in [-0.1, -0.05) is 26.8 Å². The molecular weight excluding hydrogens is 372 g/mol. The molecule has 3 rings (SSSR count). The van der Waals surface area contributed by atoms with Gasteiger partial charge < -0.3 is 14.8 Å². The Kier molecular flexibility index (Phi) is 6.28. The number of amides is 1. The molecule has 0 fully saturated rings. The first-order chi connectivity index (χ1) is 13.3. The number of carbonyl (C=O) groups is 1. The van der Waals surface area contributed by atoms with Crippen LogP contribution >= 0.6 is 11.3 Å². The van der Waals surface area contributed by atoms with E-state index in [0.717, 1.165) is 23.5 Å². The number of anilines is 1. The van der Waals surface area contributed by atoms with Crippen LogP contribution in [-0.4, -0.2) is 25.1 Å². The van der Waals surface area contributed by atoms with Crippen molar-refractivity contribution in [2.24, 2.45) is 11.3 Å². The largest absolute Gasteiger partial charge is 0.493 e. The Balaban J connectivity index is 1.57. The van der Waals surface area contributed by atoms with Gasteiger partial charge in [0.2, 0.25) is 5.91 Å². The standard InChI is InChI=1S/C22H30N2O3S/c1-22(2,3)15-8-9-16-19(13-15)28-21(23-16)24-20(25)11-7-14-6-10-17(26-4)18(12-14)27-5/h6,10,12,15H,7-9,11,13H2,1-5H3,(H,23,24,25). The second-order valence-electron chi connectivity index (χ2n) is 8.43. The number of benzene rings is 1. The fourth-order valence-electron chi connectivity index (χ4n) is 3.64. The Morgan fingerprint density at radius 2 is 2.00 bits per heavy atom. The highest BCUT2D eigenvalue weighted by molar-refractivity contribution is 7.15. The molecular formula is C22H30N2O3S. The summed E-state index contributed by atoms with van der Waals surface area (Å²) in [4.78, 5) is 18.4. The first-order valence-corrected chi connectivity index (χ1v) is 10.6. The summed E-state index contributed by atoms with van der Waals surface area (Å²) in [6.07, 6.45) is 4.30. The van der Waals surface area contributed by atoms with Gasteiger partial charge in [0.05, 0.1) is 19.9 Å². The number of rotatable bonds is 6. The van der Waals surface area contributed by atoms with Crippen LogP contribution in [-0.2, 0) is 24.1 Å². The van der Waals surface area contributed by atoms with Crippen molar-refractivity contribution in [1.29, 1.82) is 0 Å². The Labute approximate surface area is 171 Å². The van der Waals surface area contributed by atoms with Gasteiger partial charge in [0.15, 0.2) is 16.6 Å². The molecule has 1 amide bonds. The quantitative estimate of drug-likeness (QED) is 0.748. The van der Waals surface area contributed by atoms with Gasteiger partial charge >= 0.3 is 0 Å². The molecule has 1 heterocycles. The predicted molar refractivity (Wildman–Crippen MR) is 114 cm³/mol. The molecule has 0 bridgehead atoms.